The van der Waals surface area contributed by atoms with E-state index in [1.807, 2.05) is 42.5 Å². The minimum Gasteiger partial charge on any atom is -0.431 e. The van der Waals surface area contributed by atoms with Crippen LogP contribution in [0.4, 0.5) is 5.69 Å². The summed E-state index contributed by atoms with van der Waals surface area (Å²) in [5.74, 6) is -0.202. The highest BCUT2D eigenvalue weighted by atomic mass is 32.2. The predicted molar refractivity (Wildman–Crippen MR) is 113 cm³/mol. The van der Waals surface area contributed by atoms with Crippen LogP contribution in [0.25, 0.3) is 11.1 Å². The van der Waals surface area contributed by atoms with Crippen molar-refractivity contribution < 1.29 is 14.0 Å². The Bertz CT molecular complexity index is 1150. The highest BCUT2D eigenvalue weighted by Gasteiger charge is 2.13. The van der Waals surface area contributed by atoms with Crippen LogP contribution in [0.5, 0.6) is 0 Å². The quantitative estimate of drug-likeness (QED) is 0.463. The SMILES string of the molecule is NC(=O)c1ccc(NC(=O)c2ccccc2CSc2nc3ccccc3o2)cc1. The molecule has 2 amide bonds. The summed E-state index contributed by atoms with van der Waals surface area (Å²) in [6.45, 7) is 0. The van der Waals surface area contributed by atoms with E-state index in [4.69, 9.17) is 10.2 Å². The molecule has 7 heteroatoms. The predicted octanol–water partition coefficient (Wildman–Crippen LogP) is 4.47. The molecule has 0 fully saturated rings. The summed E-state index contributed by atoms with van der Waals surface area (Å²) >= 11 is 1.43. The van der Waals surface area contributed by atoms with E-state index in [2.05, 4.69) is 10.3 Å². The minimum absolute atomic E-state index is 0.231. The van der Waals surface area contributed by atoms with Gasteiger partial charge in [-0.1, -0.05) is 42.1 Å². The van der Waals surface area contributed by atoms with Crippen molar-refractivity contribution in [2.24, 2.45) is 5.73 Å². The Morgan fingerprint density at radius 3 is 2.45 bits per heavy atom. The Balaban J connectivity index is 1.48. The molecule has 0 atom stereocenters. The zero-order chi connectivity index (χ0) is 20.2. The molecule has 0 bridgehead atoms. The van der Waals surface area contributed by atoms with Gasteiger partial charge in [-0.05, 0) is 48.0 Å². The van der Waals surface area contributed by atoms with Gasteiger partial charge < -0.3 is 15.5 Å². The van der Waals surface area contributed by atoms with Gasteiger partial charge in [0.05, 0.1) is 0 Å². The Hall–Kier alpha value is -3.58. The van der Waals surface area contributed by atoms with E-state index in [1.54, 1.807) is 30.3 Å². The number of hydrogen-bond donors (Lipinski definition) is 2. The molecule has 29 heavy (non-hydrogen) atoms. The van der Waals surface area contributed by atoms with E-state index in [9.17, 15) is 9.59 Å². The molecule has 3 aromatic carbocycles. The van der Waals surface area contributed by atoms with E-state index in [1.165, 1.54) is 11.8 Å². The first-order valence-electron chi connectivity index (χ1n) is 8.87. The van der Waals surface area contributed by atoms with Crippen molar-refractivity contribution in [1.82, 2.24) is 4.98 Å². The van der Waals surface area contributed by atoms with Gasteiger partial charge in [0.1, 0.15) is 5.52 Å². The number of hydrogen-bond acceptors (Lipinski definition) is 5. The summed E-state index contributed by atoms with van der Waals surface area (Å²) in [5, 5.41) is 3.40. The van der Waals surface area contributed by atoms with Gasteiger partial charge in [-0.2, -0.15) is 0 Å². The molecule has 0 aliphatic carbocycles. The molecule has 3 N–H and O–H groups in total. The molecule has 1 aromatic heterocycles. The summed E-state index contributed by atoms with van der Waals surface area (Å²) in [6.07, 6.45) is 0. The van der Waals surface area contributed by atoms with Gasteiger partial charge in [-0.15, -0.1) is 0 Å². The lowest BCUT2D eigenvalue weighted by Crippen LogP contribution is -2.15. The van der Waals surface area contributed by atoms with Crippen molar-refractivity contribution in [3.05, 3.63) is 89.5 Å². The molecule has 0 spiro atoms. The molecule has 144 valence electrons. The van der Waals surface area contributed by atoms with Crippen LogP contribution in [0, 0.1) is 0 Å². The number of nitrogens with two attached hydrogens (primary N) is 1. The lowest BCUT2D eigenvalue weighted by atomic mass is 10.1. The smallest absolute Gasteiger partial charge is 0.257 e. The third-order valence-corrected chi connectivity index (χ3v) is 5.19. The number of nitrogens with zero attached hydrogens (tertiary/aromatic N) is 1. The second-order valence-corrected chi connectivity index (χ2v) is 7.22. The number of amides is 2. The maximum absolute atomic E-state index is 12.8. The molecule has 0 saturated heterocycles. The number of aromatic nitrogens is 1. The fraction of sp³-hybridized carbons (Fsp3) is 0.0455. The van der Waals surface area contributed by atoms with Gasteiger partial charge >= 0.3 is 0 Å². The normalized spacial score (nSPS) is 10.8. The van der Waals surface area contributed by atoms with E-state index >= 15 is 0 Å². The average Bonchev–Trinajstić information content (AvgIpc) is 3.16. The van der Waals surface area contributed by atoms with Gasteiger partial charge in [0.25, 0.3) is 11.1 Å². The van der Waals surface area contributed by atoms with Crippen LogP contribution in [0.15, 0.2) is 82.4 Å². The Kier molecular flexibility index (Phi) is 5.31. The highest BCUT2D eigenvalue weighted by Crippen LogP contribution is 2.27. The maximum Gasteiger partial charge on any atom is 0.257 e. The zero-order valence-electron chi connectivity index (χ0n) is 15.3. The third kappa shape index (κ3) is 4.30. The van der Waals surface area contributed by atoms with Gasteiger partial charge in [-0.25, -0.2) is 4.98 Å². The number of rotatable bonds is 6. The Morgan fingerprint density at radius 1 is 0.966 bits per heavy atom. The summed E-state index contributed by atoms with van der Waals surface area (Å²) in [6, 6.07) is 21.4. The lowest BCUT2D eigenvalue weighted by Gasteiger charge is -2.10. The molecule has 0 aliphatic rings. The van der Waals surface area contributed by atoms with Crippen molar-refractivity contribution in [1.29, 1.82) is 0 Å². The number of carbonyl (C=O) groups excluding carboxylic acids is 2. The van der Waals surface area contributed by atoms with Crippen LogP contribution >= 0.6 is 11.8 Å². The summed E-state index contributed by atoms with van der Waals surface area (Å²) < 4.78 is 5.73. The summed E-state index contributed by atoms with van der Waals surface area (Å²) in [7, 11) is 0. The third-order valence-electron chi connectivity index (χ3n) is 4.31. The highest BCUT2D eigenvalue weighted by molar-refractivity contribution is 7.98. The first-order chi connectivity index (χ1) is 14.1. The molecule has 6 nitrogen and oxygen atoms in total. The number of fused-ring (bicyclic) bond motifs is 1. The van der Waals surface area contributed by atoms with Gasteiger partial charge in [-0.3, -0.25) is 9.59 Å². The Labute approximate surface area is 171 Å². The number of nitrogens with one attached hydrogen (secondary N) is 1. The number of anilines is 1. The van der Waals surface area contributed by atoms with E-state index in [-0.39, 0.29) is 5.91 Å². The lowest BCUT2D eigenvalue weighted by molar-refractivity contribution is 0.0998. The molecule has 0 radical (unpaired) electrons. The van der Waals surface area contributed by atoms with Crippen LogP contribution in [-0.2, 0) is 5.75 Å². The minimum atomic E-state index is -0.510. The second-order valence-electron chi connectivity index (χ2n) is 6.29. The molecular formula is C22H17N3O3S. The fourth-order valence-electron chi connectivity index (χ4n) is 2.84. The largest absolute Gasteiger partial charge is 0.431 e. The fourth-order valence-corrected chi connectivity index (χ4v) is 3.68. The molecule has 1 heterocycles. The molecule has 0 unspecified atom stereocenters. The van der Waals surface area contributed by atoms with E-state index in [0.29, 0.717) is 27.8 Å². The van der Waals surface area contributed by atoms with Crippen molar-refractivity contribution in [3.63, 3.8) is 0 Å². The molecule has 0 aliphatic heterocycles. The maximum atomic E-state index is 12.8. The number of oxazole rings is 1. The standard InChI is InChI=1S/C22H17N3O3S/c23-20(26)14-9-11-16(12-10-14)24-21(27)17-6-2-1-5-15(17)13-29-22-25-18-7-3-4-8-19(18)28-22/h1-12H,13H2,(H2,23,26)(H,24,27). The van der Waals surface area contributed by atoms with Crippen molar-refractivity contribution in [3.8, 4) is 0 Å². The van der Waals surface area contributed by atoms with Crippen LogP contribution in [0.3, 0.4) is 0 Å². The average molecular weight is 403 g/mol. The first-order valence-corrected chi connectivity index (χ1v) is 9.86. The number of benzene rings is 3. The van der Waals surface area contributed by atoms with Gasteiger partial charge in [0, 0.05) is 22.6 Å². The van der Waals surface area contributed by atoms with Crippen LogP contribution in [-0.4, -0.2) is 16.8 Å². The second kappa shape index (κ2) is 8.20. The van der Waals surface area contributed by atoms with E-state index in [0.717, 1.165) is 16.7 Å². The first kappa shape index (κ1) is 18.8. The molecule has 0 saturated carbocycles. The van der Waals surface area contributed by atoms with E-state index < -0.39 is 5.91 Å². The van der Waals surface area contributed by atoms with Gasteiger partial charge in [0.2, 0.25) is 5.91 Å². The Morgan fingerprint density at radius 2 is 1.69 bits per heavy atom. The molecule has 4 aromatic rings. The summed E-state index contributed by atoms with van der Waals surface area (Å²) in [5.41, 5.74) is 9.19. The zero-order valence-corrected chi connectivity index (χ0v) is 16.1. The molecular weight excluding hydrogens is 386 g/mol. The van der Waals surface area contributed by atoms with Crippen molar-refractivity contribution >= 4 is 40.4 Å². The van der Waals surface area contributed by atoms with Crippen LogP contribution in [0.2, 0.25) is 0 Å². The molecule has 4 rings (SSSR count). The van der Waals surface area contributed by atoms with Crippen LogP contribution < -0.4 is 11.1 Å². The number of primary amides is 1. The number of carbonyl (C=O) groups is 2. The number of para-hydroxylation sites is 2. The topological polar surface area (TPSA) is 98.2 Å². The monoisotopic (exact) mass is 403 g/mol. The summed E-state index contributed by atoms with van der Waals surface area (Å²) in [4.78, 5) is 28.4. The number of thioether (sulfide) groups is 1. The van der Waals surface area contributed by atoms with Crippen molar-refractivity contribution in [2.45, 2.75) is 11.0 Å². The van der Waals surface area contributed by atoms with Crippen LogP contribution in [0.1, 0.15) is 26.3 Å². The van der Waals surface area contributed by atoms with Gasteiger partial charge in [0.15, 0.2) is 5.58 Å². The van der Waals surface area contributed by atoms with Crippen molar-refractivity contribution in [2.75, 3.05) is 5.32 Å².